The summed E-state index contributed by atoms with van der Waals surface area (Å²) in [6.07, 6.45) is 0. The molecule has 0 saturated carbocycles. The van der Waals surface area contributed by atoms with Crippen molar-refractivity contribution in [1.29, 1.82) is 5.26 Å². The van der Waals surface area contributed by atoms with Crippen LogP contribution in [0.25, 0.3) is 0 Å². The molecule has 0 spiro atoms. The van der Waals surface area contributed by atoms with Crippen molar-refractivity contribution in [2.45, 2.75) is 12.8 Å². The Morgan fingerprint density at radius 3 is 2.67 bits per heavy atom. The summed E-state index contributed by atoms with van der Waals surface area (Å²) in [5.74, 6) is -0.724. The van der Waals surface area contributed by atoms with Crippen LogP contribution in [0.5, 0.6) is 0 Å². The molecule has 1 rings (SSSR count). The van der Waals surface area contributed by atoms with Crippen LogP contribution in [0, 0.1) is 17.1 Å². The second-order valence-electron chi connectivity index (χ2n) is 2.55. The Morgan fingerprint density at radius 1 is 1.50 bits per heavy atom. The molecule has 0 N–H and O–H groups in total. The number of benzene rings is 1. The van der Waals surface area contributed by atoms with Gasteiger partial charge in [0.2, 0.25) is 0 Å². The van der Waals surface area contributed by atoms with E-state index < -0.39 is 5.82 Å². The molecule has 0 aliphatic heterocycles. The van der Waals surface area contributed by atoms with Gasteiger partial charge in [-0.3, -0.25) is 0 Å². The molecule has 1 atom stereocenters. The van der Waals surface area contributed by atoms with E-state index in [1.165, 1.54) is 12.1 Å². The molecule has 1 aromatic rings. The lowest BCUT2D eigenvalue weighted by Crippen LogP contribution is -1.90. The zero-order valence-electron chi connectivity index (χ0n) is 6.51. The molecule has 0 aliphatic carbocycles. The molecule has 3 heteroatoms. The number of nitrogens with zero attached hydrogens (tertiary/aromatic N) is 1. The number of nitriles is 1. The van der Waals surface area contributed by atoms with Crippen molar-refractivity contribution in [1.82, 2.24) is 0 Å². The standard InChI is InChI=1S/C9H7ClFN/c1-6(5-12)7-2-8(10)4-9(11)3-7/h2-4,6H,1H3. The van der Waals surface area contributed by atoms with E-state index in [1.54, 1.807) is 13.0 Å². The van der Waals surface area contributed by atoms with Crippen LogP contribution in [0.15, 0.2) is 18.2 Å². The summed E-state index contributed by atoms with van der Waals surface area (Å²) in [7, 11) is 0. The Kier molecular flexibility index (Phi) is 2.67. The molecule has 0 heterocycles. The van der Waals surface area contributed by atoms with E-state index in [4.69, 9.17) is 16.9 Å². The predicted molar refractivity (Wildman–Crippen MR) is 45.4 cm³/mol. The van der Waals surface area contributed by atoms with E-state index in [0.717, 1.165) is 0 Å². The second kappa shape index (κ2) is 3.55. The van der Waals surface area contributed by atoms with Crippen molar-refractivity contribution >= 4 is 11.6 Å². The minimum Gasteiger partial charge on any atom is -0.207 e. The van der Waals surface area contributed by atoms with Crippen LogP contribution < -0.4 is 0 Å². The fourth-order valence-electron chi connectivity index (χ4n) is 0.900. The zero-order chi connectivity index (χ0) is 9.14. The van der Waals surface area contributed by atoms with Crippen LogP contribution in [-0.2, 0) is 0 Å². The van der Waals surface area contributed by atoms with Gasteiger partial charge in [0, 0.05) is 5.02 Å². The molecule has 0 amide bonds. The zero-order valence-corrected chi connectivity index (χ0v) is 7.27. The number of rotatable bonds is 1. The fourth-order valence-corrected chi connectivity index (χ4v) is 1.13. The maximum absolute atomic E-state index is 12.7. The third kappa shape index (κ3) is 1.96. The molecule has 0 bridgehead atoms. The lowest BCUT2D eigenvalue weighted by molar-refractivity contribution is 0.625. The Balaban J connectivity index is 3.10. The van der Waals surface area contributed by atoms with Gasteiger partial charge >= 0.3 is 0 Å². The molecule has 62 valence electrons. The van der Waals surface area contributed by atoms with Crippen molar-refractivity contribution in [3.63, 3.8) is 0 Å². The number of halogens is 2. The molecule has 1 aromatic carbocycles. The quantitative estimate of drug-likeness (QED) is 0.656. The van der Waals surface area contributed by atoms with Gasteiger partial charge in [0.15, 0.2) is 0 Å². The second-order valence-corrected chi connectivity index (χ2v) is 2.99. The third-order valence-corrected chi connectivity index (χ3v) is 1.80. The monoisotopic (exact) mass is 183 g/mol. The van der Waals surface area contributed by atoms with E-state index in [0.29, 0.717) is 10.6 Å². The predicted octanol–water partition coefficient (Wildman–Crippen LogP) is 3.11. The summed E-state index contributed by atoms with van der Waals surface area (Å²) in [6.45, 7) is 1.70. The summed E-state index contributed by atoms with van der Waals surface area (Å²) >= 11 is 5.60. The van der Waals surface area contributed by atoms with Crippen LogP contribution in [0.4, 0.5) is 4.39 Å². The van der Waals surface area contributed by atoms with Gasteiger partial charge in [0.1, 0.15) is 5.82 Å². The van der Waals surface area contributed by atoms with E-state index >= 15 is 0 Å². The molecular weight excluding hydrogens is 177 g/mol. The van der Waals surface area contributed by atoms with Crippen LogP contribution in [-0.4, -0.2) is 0 Å². The average Bonchev–Trinajstić information content (AvgIpc) is 2.01. The Bertz CT molecular complexity index is 310. The first-order valence-electron chi connectivity index (χ1n) is 3.49. The third-order valence-electron chi connectivity index (χ3n) is 1.58. The van der Waals surface area contributed by atoms with E-state index in [2.05, 4.69) is 0 Å². The summed E-state index contributed by atoms with van der Waals surface area (Å²) in [5.41, 5.74) is 0.613. The van der Waals surface area contributed by atoms with Crippen LogP contribution in [0.1, 0.15) is 18.4 Å². The molecule has 0 aromatic heterocycles. The van der Waals surface area contributed by atoms with E-state index in [9.17, 15) is 4.39 Å². The van der Waals surface area contributed by atoms with Gasteiger partial charge in [-0.05, 0) is 30.7 Å². The Labute approximate surface area is 75.4 Å². The smallest absolute Gasteiger partial charge is 0.125 e. The highest BCUT2D eigenvalue weighted by atomic mass is 35.5. The van der Waals surface area contributed by atoms with Gasteiger partial charge in [-0.15, -0.1) is 0 Å². The Hall–Kier alpha value is -1.07. The highest BCUT2D eigenvalue weighted by Gasteiger charge is 2.05. The van der Waals surface area contributed by atoms with Gasteiger partial charge in [-0.25, -0.2) is 4.39 Å². The summed E-state index contributed by atoms with van der Waals surface area (Å²) < 4.78 is 12.7. The summed E-state index contributed by atoms with van der Waals surface area (Å²) in [4.78, 5) is 0. The normalized spacial score (nSPS) is 12.2. The van der Waals surface area contributed by atoms with Crippen molar-refractivity contribution in [2.75, 3.05) is 0 Å². The van der Waals surface area contributed by atoms with Gasteiger partial charge in [-0.2, -0.15) is 5.26 Å². The molecule has 0 fully saturated rings. The van der Waals surface area contributed by atoms with Gasteiger partial charge in [-0.1, -0.05) is 11.6 Å². The highest BCUT2D eigenvalue weighted by Crippen LogP contribution is 2.20. The highest BCUT2D eigenvalue weighted by molar-refractivity contribution is 6.30. The molecular formula is C9H7ClFN. The topological polar surface area (TPSA) is 23.8 Å². The largest absolute Gasteiger partial charge is 0.207 e. The number of hydrogen-bond donors (Lipinski definition) is 0. The average molecular weight is 184 g/mol. The summed E-state index contributed by atoms with van der Waals surface area (Å²) in [5, 5.41) is 8.88. The minimum atomic E-state index is -0.403. The van der Waals surface area contributed by atoms with Crippen LogP contribution in [0.2, 0.25) is 5.02 Å². The van der Waals surface area contributed by atoms with Crippen LogP contribution in [0.3, 0.4) is 0 Å². The van der Waals surface area contributed by atoms with Gasteiger partial charge < -0.3 is 0 Å². The van der Waals surface area contributed by atoms with E-state index in [-0.39, 0.29) is 5.92 Å². The van der Waals surface area contributed by atoms with Crippen molar-refractivity contribution < 1.29 is 4.39 Å². The maximum atomic E-state index is 12.7. The molecule has 12 heavy (non-hydrogen) atoms. The van der Waals surface area contributed by atoms with Crippen LogP contribution >= 0.6 is 11.6 Å². The first-order chi connectivity index (χ1) is 5.63. The maximum Gasteiger partial charge on any atom is 0.125 e. The van der Waals surface area contributed by atoms with Crippen molar-refractivity contribution in [2.24, 2.45) is 0 Å². The van der Waals surface area contributed by atoms with Crippen molar-refractivity contribution in [3.05, 3.63) is 34.6 Å². The molecule has 0 radical (unpaired) electrons. The van der Waals surface area contributed by atoms with Gasteiger partial charge in [0.25, 0.3) is 0 Å². The molecule has 0 aliphatic rings. The molecule has 1 nitrogen and oxygen atoms in total. The lowest BCUT2D eigenvalue weighted by atomic mass is 10.0. The first kappa shape index (κ1) is 9.02. The summed E-state index contributed by atoms with van der Waals surface area (Å²) in [6, 6.07) is 6.14. The first-order valence-corrected chi connectivity index (χ1v) is 3.87. The lowest BCUT2D eigenvalue weighted by Gasteiger charge is -2.02. The van der Waals surface area contributed by atoms with Gasteiger partial charge in [0.05, 0.1) is 12.0 Å². The number of hydrogen-bond acceptors (Lipinski definition) is 1. The molecule has 0 saturated heterocycles. The van der Waals surface area contributed by atoms with Crippen molar-refractivity contribution in [3.8, 4) is 6.07 Å². The SMILES string of the molecule is CC(C#N)c1cc(F)cc(Cl)c1. The van der Waals surface area contributed by atoms with E-state index in [1.807, 2.05) is 6.07 Å². The minimum absolute atomic E-state index is 0.321. The Morgan fingerprint density at radius 2 is 2.17 bits per heavy atom. The molecule has 1 unspecified atom stereocenters. The fraction of sp³-hybridized carbons (Fsp3) is 0.222.